The number of hydrogen-bond donors (Lipinski definition) is 3. The maximum atomic E-state index is 12.2. The Hall–Kier alpha value is -1.10. The van der Waals surface area contributed by atoms with Crippen molar-refractivity contribution in [1.29, 1.82) is 0 Å². The minimum absolute atomic E-state index is 0.0234. The Kier molecular flexibility index (Phi) is 3.48. The molecule has 0 spiro atoms. The molecule has 2 saturated carbocycles. The number of nitrogens with one attached hydrogen (secondary N) is 3. The molecular formula is C14H23N3O2. The van der Waals surface area contributed by atoms with Crippen LogP contribution in [0.4, 0.5) is 0 Å². The van der Waals surface area contributed by atoms with E-state index >= 15 is 0 Å². The Labute approximate surface area is 113 Å². The van der Waals surface area contributed by atoms with Gasteiger partial charge >= 0.3 is 0 Å². The molecule has 3 N–H and O–H groups in total. The number of piperazine rings is 1. The van der Waals surface area contributed by atoms with Crippen LogP contribution < -0.4 is 16.0 Å². The van der Waals surface area contributed by atoms with Crippen molar-refractivity contribution in [3.63, 3.8) is 0 Å². The molecule has 0 aromatic rings. The molecule has 2 bridgehead atoms. The van der Waals surface area contributed by atoms with Crippen LogP contribution in [-0.4, -0.2) is 37.0 Å². The van der Waals surface area contributed by atoms with Gasteiger partial charge in [0.2, 0.25) is 11.8 Å². The van der Waals surface area contributed by atoms with E-state index in [1.165, 1.54) is 25.7 Å². The summed E-state index contributed by atoms with van der Waals surface area (Å²) in [6.07, 6.45) is 5.37. The largest absolute Gasteiger partial charge is 0.353 e. The number of hydrogen-bond acceptors (Lipinski definition) is 3. The molecule has 0 radical (unpaired) electrons. The first-order valence-corrected chi connectivity index (χ1v) is 7.44. The normalized spacial score (nSPS) is 38.9. The quantitative estimate of drug-likeness (QED) is 0.673. The molecule has 0 aromatic heterocycles. The first kappa shape index (κ1) is 12.9. The van der Waals surface area contributed by atoms with E-state index < -0.39 is 0 Å². The summed E-state index contributed by atoms with van der Waals surface area (Å²) >= 11 is 0. The lowest BCUT2D eigenvalue weighted by Gasteiger charge is -2.31. The molecule has 5 nitrogen and oxygen atoms in total. The molecule has 3 fully saturated rings. The van der Waals surface area contributed by atoms with Crippen molar-refractivity contribution < 1.29 is 9.59 Å². The molecule has 5 atom stereocenters. The van der Waals surface area contributed by atoms with E-state index in [1.54, 1.807) is 0 Å². The molecule has 106 valence electrons. The Morgan fingerprint density at radius 2 is 2.21 bits per heavy atom. The highest BCUT2D eigenvalue weighted by Gasteiger charge is 2.42. The second-order valence-corrected chi connectivity index (χ2v) is 6.37. The van der Waals surface area contributed by atoms with Gasteiger partial charge in [-0.15, -0.1) is 0 Å². The van der Waals surface area contributed by atoms with Crippen LogP contribution in [0.15, 0.2) is 0 Å². The first-order valence-electron chi connectivity index (χ1n) is 7.44. The predicted octanol–water partition coefficient (Wildman–Crippen LogP) is 0.0153. The van der Waals surface area contributed by atoms with Crippen LogP contribution in [0.25, 0.3) is 0 Å². The lowest BCUT2D eigenvalue weighted by molar-refractivity contribution is -0.127. The summed E-state index contributed by atoms with van der Waals surface area (Å²) in [6, 6.07) is -0.0269. The zero-order valence-corrected chi connectivity index (χ0v) is 11.4. The minimum atomic E-state index is -0.279. The molecule has 2 aliphatic carbocycles. The molecule has 0 aromatic carbocycles. The lowest BCUT2D eigenvalue weighted by atomic mass is 9.84. The van der Waals surface area contributed by atoms with Crippen molar-refractivity contribution in [3.05, 3.63) is 0 Å². The SMILES string of the molecule is CC(NC(=O)C1CNC(=O)CN1)C1CC2CCC1C2. The topological polar surface area (TPSA) is 70.2 Å². The zero-order chi connectivity index (χ0) is 13.4. The average Bonchev–Trinajstić information content (AvgIpc) is 3.01. The third kappa shape index (κ3) is 2.61. The molecule has 3 rings (SSSR count). The highest BCUT2D eigenvalue weighted by molar-refractivity contribution is 5.86. The minimum Gasteiger partial charge on any atom is -0.353 e. The molecule has 2 amide bonds. The zero-order valence-electron chi connectivity index (χ0n) is 11.4. The van der Waals surface area contributed by atoms with Crippen molar-refractivity contribution in [3.8, 4) is 0 Å². The number of carbonyl (C=O) groups is 2. The van der Waals surface area contributed by atoms with Crippen molar-refractivity contribution in [2.24, 2.45) is 17.8 Å². The summed E-state index contributed by atoms with van der Waals surface area (Å²) in [7, 11) is 0. The lowest BCUT2D eigenvalue weighted by Crippen LogP contribution is -2.59. The maximum Gasteiger partial charge on any atom is 0.239 e. The van der Waals surface area contributed by atoms with Crippen LogP contribution in [0.1, 0.15) is 32.6 Å². The molecule has 1 aliphatic heterocycles. The van der Waals surface area contributed by atoms with Gasteiger partial charge < -0.3 is 10.6 Å². The van der Waals surface area contributed by atoms with Gasteiger partial charge in [-0.3, -0.25) is 14.9 Å². The van der Waals surface area contributed by atoms with Crippen LogP contribution in [0.5, 0.6) is 0 Å². The number of fused-ring (bicyclic) bond motifs is 2. The fourth-order valence-electron chi connectivity index (χ4n) is 4.09. The van der Waals surface area contributed by atoms with Crippen molar-refractivity contribution in [2.75, 3.05) is 13.1 Å². The van der Waals surface area contributed by atoms with E-state index in [2.05, 4.69) is 22.9 Å². The second kappa shape index (κ2) is 5.12. The summed E-state index contributed by atoms with van der Waals surface area (Å²) in [4.78, 5) is 23.2. The Bertz CT molecular complexity index is 375. The number of amides is 2. The Balaban J connectivity index is 1.50. The van der Waals surface area contributed by atoms with Crippen LogP contribution in [0.3, 0.4) is 0 Å². The summed E-state index contributed by atoms with van der Waals surface area (Å²) in [5, 5.41) is 8.83. The van der Waals surface area contributed by atoms with Gasteiger partial charge in [0, 0.05) is 12.6 Å². The smallest absolute Gasteiger partial charge is 0.239 e. The Morgan fingerprint density at radius 1 is 1.37 bits per heavy atom. The van der Waals surface area contributed by atoms with Crippen LogP contribution in [-0.2, 0) is 9.59 Å². The van der Waals surface area contributed by atoms with Gasteiger partial charge in [0.15, 0.2) is 0 Å². The molecule has 19 heavy (non-hydrogen) atoms. The van der Waals surface area contributed by atoms with Gasteiger partial charge in [0.25, 0.3) is 0 Å². The summed E-state index contributed by atoms with van der Waals surface area (Å²) in [6.45, 7) is 2.76. The van der Waals surface area contributed by atoms with Gasteiger partial charge in [-0.25, -0.2) is 0 Å². The molecule has 1 saturated heterocycles. The number of carbonyl (C=O) groups excluding carboxylic acids is 2. The first-order chi connectivity index (χ1) is 9.13. The monoisotopic (exact) mass is 265 g/mol. The second-order valence-electron chi connectivity index (χ2n) is 6.37. The van der Waals surface area contributed by atoms with E-state index in [0.717, 1.165) is 11.8 Å². The van der Waals surface area contributed by atoms with Crippen LogP contribution in [0.2, 0.25) is 0 Å². The summed E-state index contributed by atoms with van der Waals surface area (Å²) in [5.41, 5.74) is 0. The predicted molar refractivity (Wildman–Crippen MR) is 71.3 cm³/mol. The van der Waals surface area contributed by atoms with Gasteiger partial charge in [0.1, 0.15) is 6.04 Å². The van der Waals surface area contributed by atoms with E-state index in [9.17, 15) is 9.59 Å². The highest BCUT2D eigenvalue weighted by Crippen LogP contribution is 2.49. The maximum absolute atomic E-state index is 12.2. The van der Waals surface area contributed by atoms with Gasteiger partial charge in [-0.1, -0.05) is 6.42 Å². The van der Waals surface area contributed by atoms with Gasteiger partial charge in [0.05, 0.1) is 6.54 Å². The number of rotatable bonds is 3. The van der Waals surface area contributed by atoms with Gasteiger partial charge in [-0.2, -0.15) is 0 Å². The third-order valence-corrected chi connectivity index (χ3v) is 5.13. The molecule has 5 unspecified atom stereocenters. The summed E-state index contributed by atoms with van der Waals surface area (Å²) in [5.74, 6) is 2.36. The fourth-order valence-corrected chi connectivity index (χ4v) is 4.09. The average molecular weight is 265 g/mol. The van der Waals surface area contributed by atoms with E-state index in [-0.39, 0.29) is 30.4 Å². The van der Waals surface area contributed by atoms with E-state index in [1.807, 2.05) is 0 Å². The van der Waals surface area contributed by atoms with Crippen molar-refractivity contribution >= 4 is 11.8 Å². The van der Waals surface area contributed by atoms with Crippen molar-refractivity contribution in [1.82, 2.24) is 16.0 Å². The highest BCUT2D eigenvalue weighted by atomic mass is 16.2. The summed E-state index contributed by atoms with van der Waals surface area (Å²) < 4.78 is 0. The standard InChI is InChI=1S/C14H23N3O2/c1-8(11-5-9-2-3-10(11)4-9)17-14(19)12-6-16-13(18)7-15-12/h8-12,15H,2-7H2,1H3,(H,16,18)(H,17,19). The van der Waals surface area contributed by atoms with Crippen LogP contribution in [0, 0.1) is 17.8 Å². The molecular weight excluding hydrogens is 242 g/mol. The fraction of sp³-hybridized carbons (Fsp3) is 0.857. The molecule has 5 heteroatoms. The molecule has 1 heterocycles. The van der Waals surface area contributed by atoms with Crippen molar-refractivity contribution in [2.45, 2.75) is 44.7 Å². The van der Waals surface area contributed by atoms with E-state index in [0.29, 0.717) is 12.5 Å². The van der Waals surface area contributed by atoms with Gasteiger partial charge in [-0.05, 0) is 43.9 Å². The Morgan fingerprint density at radius 3 is 2.79 bits per heavy atom. The third-order valence-electron chi connectivity index (χ3n) is 5.13. The van der Waals surface area contributed by atoms with Crippen LogP contribution >= 0.6 is 0 Å². The molecule has 3 aliphatic rings. The van der Waals surface area contributed by atoms with E-state index in [4.69, 9.17) is 0 Å².